The van der Waals surface area contributed by atoms with Crippen molar-refractivity contribution in [2.45, 2.75) is 76.2 Å². The molecule has 636 valence electrons. The number of fused-ring (bicyclic) bond motifs is 12. The van der Waals surface area contributed by atoms with Gasteiger partial charge in [0.05, 0.1) is 57.9 Å². The van der Waals surface area contributed by atoms with Gasteiger partial charge < -0.3 is 0 Å². The lowest BCUT2D eigenvalue weighted by Gasteiger charge is -2.16. The number of nitriles is 1. The van der Waals surface area contributed by atoms with Gasteiger partial charge >= 0.3 is 0 Å². The summed E-state index contributed by atoms with van der Waals surface area (Å²) in [6, 6.07) is 109. The second kappa shape index (κ2) is 32.1. The fraction of sp³-hybridized carbons (Fsp3) is 0.0902. The summed E-state index contributed by atoms with van der Waals surface area (Å²) in [6.45, 7) is 39.4. The Balaban J connectivity index is 0.000000117. The van der Waals surface area contributed by atoms with Crippen LogP contribution in [0.25, 0.3) is 225 Å². The normalized spacial score (nSPS) is 11.6. The summed E-state index contributed by atoms with van der Waals surface area (Å²) in [4.78, 5) is 67.4. The minimum Gasteiger partial charge on any atom is -0.268 e. The van der Waals surface area contributed by atoms with Gasteiger partial charge in [0.25, 0.3) is 16.7 Å². The average molecular weight is 1730 g/mol. The van der Waals surface area contributed by atoms with Gasteiger partial charge in [-0.1, -0.05) is 272 Å². The Hall–Kier alpha value is -17.4. The highest BCUT2D eigenvalue weighted by molar-refractivity contribution is 6.26. The minimum atomic E-state index is -0.138. The van der Waals surface area contributed by atoms with Crippen LogP contribution in [0.5, 0.6) is 0 Å². The van der Waals surface area contributed by atoms with Crippen LogP contribution in [0, 0.1) is 101 Å². The molecular weight excluding hydrogens is 1640 g/mol. The summed E-state index contributed by atoms with van der Waals surface area (Å²) < 4.78 is 5.36. The molecule has 6 heterocycles. The Morgan fingerprint density at radius 2 is 0.634 bits per heavy atom. The molecule has 0 unspecified atom stereocenters. The van der Waals surface area contributed by atoms with E-state index in [2.05, 4.69) is 310 Å². The molecule has 6 aromatic heterocycles. The molecular formula is C122H85N9O3. The van der Waals surface area contributed by atoms with Crippen molar-refractivity contribution in [1.29, 1.82) is 5.26 Å². The van der Waals surface area contributed by atoms with Crippen molar-refractivity contribution >= 4 is 126 Å². The molecule has 0 saturated heterocycles. The highest BCUT2D eigenvalue weighted by Gasteiger charge is 2.30. The molecule has 0 saturated carbocycles. The number of imidazole rings is 3. The summed E-state index contributed by atoms with van der Waals surface area (Å²) >= 11 is 0. The Kier molecular flexibility index (Phi) is 19.7. The molecule has 0 amide bonds. The standard InChI is InChI=1S/2C42H31N3O.C38H23N3O/c1-23-13-15-28(16-14-23)30-17-18-31-38-32(19-20-34(43-6)39(30)38)42(46)45-35-22-29(36-24(2)9-7-10-25(36)3)21-33(40(35)44-41(31)45)37-26(4)11-8-12-27(37)5;1-23-13-15-28(16-14-23)30-17-18-31-38-32(19-20-34(43-6)39(30)38)42(46)45-40-33(37-26(4)11-8-12-27(37)5)21-29(22-35(40)44-41(31)45)36-24(2)9-7-10-25(36)3;1-23-10-8-9-15-28(23)29-18-19-31-35-30(17-16-26(22-39)34(29)35)37-40-36-32(25-13-6-3-7-14-25)20-27(24-11-4-2-5-12-24)21-33(36)41(37)38(31)42/h2*7-22H,1-5H3;2-21H,1H3. The fourth-order valence-corrected chi connectivity index (χ4v) is 21.3. The highest BCUT2D eigenvalue weighted by Crippen LogP contribution is 2.49. The number of aryl methyl sites for hydroxylation is 11. The van der Waals surface area contributed by atoms with Crippen LogP contribution in [0.4, 0.5) is 11.4 Å². The molecule has 0 fully saturated rings. The zero-order chi connectivity index (χ0) is 92.1. The Morgan fingerprint density at radius 3 is 1.12 bits per heavy atom. The predicted octanol–water partition coefficient (Wildman–Crippen LogP) is 30.1. The molecule has 134 heavy (non-hydrogen) atoms. The largest absolute Gasteiger partial charge is 0.268 e. The summed E-state index contributed by atoms with van der Waals surface area (Å²) in [5.74, 6) is 0. The molecule has 0 bridgehead atoms. The van der Waals surface area contributed by atoms with Crippen LogP contribution in [-0.2, 0) is 0 Å². The number of nitrogens with zero attached hydrogens (tertiary/aromatic N) is 9. The first-order valence-corrected chi connectivity index (χ1v) is 45.0. The Morgan fingerprint density at radius 1 is 0.269 bits per heavy atom. The van der Waals surface area contributed by atoms with Crippen molar-refractivity contribution in [3.05, 3.63) is 436 Å². The smallest absolute Gasteiger partial charge is 0.264 e. The van der Waals surface area contributed by atoms with Crippen molar-refractivity contribution in [3.63, 3.8) is 0 Å². The third-order valence-electron chi connectivity index (χ3n) is 27.5. The minimum absolute atomic E-state index is 0.125. The van der Waals surface area contributed by atoms with Crippen molar-refractivity contribution in [2.75, 3.05) is 0 Å². The maximum atomic E-state index is 14.7. The molecule has 0 aliphatic rings. The molecule has 24 rings (SSSR count). The van der Waals surface area contributed by atoms with Crippen LogP contribution in [-0.4, -0.2) is 28.2 Å². The maximum Gasteiger partial charge on any atom is 0.264 e. The lowest BCUT2D eigenvalue weighted by molar-refractivity contribution is 1.19. The van der Waals surface area contributed by atoms with E-state index in [1.165, 1.54) is 44.5 Å². The van der Waals surface area contributed by atoms with E-state index in [4.69, 9.17) is 28.1 Å². The SMILES string of the molecule is Cc1ccccc1-c1ccc2c(=O)n3c4cc(-c5ccccc5)cc(-c5ccccc5)c4nc3c3ccc(C#N)c1c23.[C-]#[N+]c1ccc2c(=O)n3c(nc4cc(-c5c(C)cccc5C)cc(-c5c(C)cccc5C)c43)c3ccc(-c4ccc(C)cc4)c1c23.[C-]#[N+]c1ccc2c(=O)n3c4cc(-c5c(C)cccc5C)cc(-c5c(C)cccc5C)c4nc3c3ccc(-c4ccc(C)cc4)c1c23. The second-order valence-electron chi connectivity index (χ2n) is 35.7. The molecule has 0 atom stereocenters. The lowest BCUT2D eigenvalue weighted by atomic mass is 9.89. The van der Waals surface area contributed by atoms with Crippen LogP contribution in [0.1, 0.15) is 66.8 Å². The van der Waals surface area contributed by atoms with Crippen molar-refractivity contribution in [3.8, 4) is 106 Å². The van der Waals surface area contributed by atoms with E-state index >= 15 is 0 Å². The molecule has 12 heteroatoms. The summed E-state index contributed by atoms with van der Waals surface area (Å²) in [5, 5.41) is 19.3. The molecule has 0 N–H and O–H groups in total. The third kappa shape index (κ3) is 13.0. The third-order valence-corrected chi connectivity index (χ3v) is 27.5. The Bertz CT molecular complexity index is 9280. The van der Waals surface area contributed by atoms with Gasteiger partial charge in [-0.2, -0.15) is 5.26 Å². The second-order valence-corrected chi connectivity index (χ2v) is 35.7. The van der Waals surface area contributed by atoms with Gasteiger partial charge in [0.15, 0.2) is 11.4 Å². The first-order chi connectivity index (χ1) is 65.2. The van der Waals surface area contributed by atoms with Crippen LogP contribution in [0.15, 0.2) is 330 Å². The zero-order valence-electron chi connectivity index (χ0n) is 75.8. The van der Waals surface area contributed by atoms with Gasteiger partial charge in [-0.3, -0.25) is 27.6 Å². The van der Waals surface area contributed by atoms with Crippen molar-refractivity contribution < 1.29 is 0 Å². The number of hydrogen-bond donors (Lipinski definition) is 0. The van der Waals surface area contributed by atoms with E-state index in [0.717, 1.165) is 198 Å². The van der Waals surface area contributed by atoms with Crippen LogP contribution in [0.3, 0.4) is 0 Å². The van der Waals surface area contributed by atoms with E-state index in [9.17, 15) is 19.6 Å². The van der Waals surface area contributed by atoms with E-state index < -0.39 is 0 Å². The molecule has 12 nitrogen and oxygen atoms in total. The highest BCUT2D eigenvalue weighted by atomic mass is 16.1. The molecule has 0 aliphatic heterocycles. The Labute approximate surface area is 772 Å². The number of benzene rings is 18. The summed E-state index contributed by atoms with van der Waals surface area (Å²) in [7, 11) is 0. The number of rotatable bonds is 9. The van der Waals surface area contributed by atoms with Gasteiger partial charge in [-0.25, -0.2) is 24.6 Å². The van der Waals surface area contributed by atoms with Gasteiger partial charge in [-0.05, 0) is 286 Å². The van der Waals surface area contributed by atoms with E-state index in [0.29, 0.717) is 50.0 Å². The molecule has 0 radical (unpaired) electrons. The zero-order valence-corrected chi connectivity index (χ0v) is 75.8. The number of hydrogen-bond acceptors (Lipinski definition) is 7. The van der Waals surface area contributed by atoms with Gasteiger partial charge in [0.1, 0.15) is 16.9 Å². The molecule has 0 spiro atoms. The number of pyridine rings is 3. The predicted molar refractivity (Wildman–Crippen MR) is 554 cm³/mol. The molecule has 18 aromatic carbocycles. The van der Waals surface area contributed by atoms with E-state index in [-0.39, 0.29) is 16.7 Å². The van der Waals surface area contributed by atoms with E-state index in [1.54, 1.807) is 20.9 Å². The monoisotopic (exact) mass is 1720 g/mol. The topological polar surface area (TPSA) is 136 Å². The summed E-state index contributed by atoms with van der Waals surface area (Å²) in [6.07, 6.45) is 0. The first kappa shape index (κ1) is 82.3. The molecule has 24 aromatic rings. The average Bonchev–Trinajstić information content (AvgIpc) is 1.58. The van der Waals surface area contributed by atoms with Gasteiger partial charge in [0.2, 0.25) is 0 Å². The fourth-order valence-electron chi connectivity index (χ4n) is 21.3. The van der Waals surface area contributed by atoms with Crippen molar-refractivity contribution in [2.24, 2.45) is 0 Å². The lowest BCUT2D eigenvalue weighted by Crippen LogP contribution is -2.14. The molecule has 0 aliphatic carbocycles. The maximum absolute atomic E-state index is 14.7. The van der Waals surface area contributed by atoms with Crippen LogP contribution < -0.4 is 16.7 Å². The van der Waals surface area contributed by atoms with E-state index in [1.807, 2.05) is 89.3 Å². The number of aromatic nitrogens is 6. The van der Waals surface area contributed by atoms with Crippen molar-refractivity contribution in [1.82, 2.24) is 28.2 Å². The first-order valence-electron chi connectivity index (χ1n) is 45.0. The van der Waals surface area contributed by atoms with Crippen LogP contribution >= 0.6 is 0 Å². The quantitative estimate of drug-likeness (QED) is 0.131. The summed E-state index contributed by atoms with van der Waals surface area (Å²) in [5.41, 5.74) is 39.3. The van der Waals surface area contributed by atoms with Gasteiger partial charge in [0, 0.05) is 59.8 Å². The van der Waals surface area contributed by atoms with Crippen LogP contribution in [0.2, 0.25) is 0 Å². The van der Waals surface area contributed by atoms with Gasteiger partial charge in [-0.15, -0.1) is 0 Å².